The highest BCUT2D eigenvalue weighted by Gasteiger charge is 2.29. The van der Waals surface area contributed by atoms with Crippen LogP contribution in [0.3, 0.4) is 0 Å². The molecule has 150 valence electrons. The molecule has 1 atom stereocenters. The van der Waals surface area contributed by atoms with Crippen LogP contribution < -0.4 is 10.7 Å². The summed E-state index contributed by atoms with van der Waals surface area (Å²) in [7, 11) is 0. The van der Waals surface area contributed by atoms with E-state index < -0.39 is 0 Å². The Kier molecular flexibility index (Phi) is 5.60. The Balaban J connectivity index is 2.00. The number of nitrogens with one attached hydrogen (secondary N) is 1. The molecule has 4 nitrogen and oxygen atoms in total. The van der Waals surface area contributed by atoms with Gasteiger partial charge in [0.1, 0.15) is 5.56 Å². The van der Waals surface area contributed by atoms with Crippen molar-refractivity contribution in [3.63, 3.8) is 0 Å². The van der Waals surface area contributed by atoms with Crippen LogP contribution in [0.15, 0.2) is 51.5 Å². The number of thioether (sulfide) groups is 1. The summed E-state index contributed by atoms with van der Waals surface area (Å²) in [5.41, 5.74) is 2.50. The average Bonchev–Trinajstić information content (AvgIpc) is 3.10. The normalized spacial score (nSPS) is 15.6. The first-order valence-corrected chi connectivity index (χ1v) is 11.5. The lowest BCUT2D eigenvalue weighted by Crippen LogP contribution is -2.36. The summed E-state index contributed by atoms with van der Waals surface area (Å²) in [6.07, 6.45) is 0.579. The Morgan fingerprint density at radius 1 is 1.28 bits per heavy atom. The Bertz CT molecular complexity index is 1140. The van der Waals surface area contributed by atoms with Crippen LogP contribution in [-0.4, -0.2) is 16.5 Å². The second kappa shape index (κ2) is 8.01. The zero-order valence-electron chi connectivity index (χ0n) is 16.4. The molecular formula is C22H21ClN2O2S2. The van der Waals surface area contributed by atoms with Crippen molar-refractivity contribution in [1.29, 1.82) is 0 Å². The summed E-state index contributed by atoms with van der Waals surface area (Å²) in [5.74, 6) is -0.318. The van der Waals surface area contributed by atoms with Gasteiger partial charge in [0, 0.05) is 50.0 Å². The molecule has 1 aliphatic rings. The first-order valence-electron chi connectivity index (χ1n) is 9.41. The molecular weight excluding hydrogens is 424 g/mol. The fourth-order valence-corrected chi connectivity index (χ4v) is 6.14. The minimum Gasteiger partial charge on any atom is -0.350 e. The second-order valence-corrected chi connectivity index (χ2v) is 10.0. The van der Waals surface area contributed by atoms with Crippen molar-refractivity contribution in [1.82, 2.24) is 9.88 Å². The molecule has 1 amide bonds. The van der Waals surface area contributed by atoms with Gasteiger partial charge in [-0.05, 0) is 50.4 Å². The second-order valence-electron chi connectivity index (χ2n) is 7.37. The number of amides is 1. The van der Waals surface area contributed by atoms with Crippen LogP contribution in [0.5, 0.6) is 0 Å². The van der Waals surface area contributed by atoms with Gasteiger partial charge >= 0.3 is 0 Å². The molecule has 29 heavy (non-hydrogen) atoms. The molecule has 1 unspecified atom stereocenters. The molecule has 0 aliphatic carbocycles. The van der Waals surface area contributed by atoms with E-state index in [2.05, 4.69) is 16.8 Å². The van der Waals surface area contributed by atoms with Gasteiger partial charge in [0.15, 0.2) is 5.43 Å². The molecule has 0 spiro atoms. The van der Waals surface area contributed by atoms with E-state index in [9.17, 15) is 9.59 Å². The van der Waals surface area contributed by atoms with Crippen LogP contribution in [0.1, 0.15) is 45.7 Å². The van der Waals surface area contributed by atoms with Crippen LogP contribution in [0, 0.1) is 6.92 Å². The average molecular weight is 445 g/mol. The number of hydrogen-bond donors (Lipinski definition) is 1. The largest absolute Gasteiger partial charge is 0.350 e. The zero-order chi connectivity index (χ0) is 20.7. The van der Waals surface area contributed by atoms with E-state index in [1.165, 1.54) is 4.88 Å². The number of aryl methyl sites for hydroxylation is 1. The third kappa shape index (κ3) is 3.89. The van der Waals surface area contributed by atoms with E-state index in [1.807, 2.05) is 49.6 Å². The molecule has 4 rings (SSSR count). The predicted octanol–water partition coefficient (Wildman–Crippen LogP) is 5.39. The zero-order valence-corrected chi connectivity index (χ0v) is 18.8. The Labute approximate surface area is 182 Å². The van der Waals surface area contributed by atoms with Crippen molar-refractivity contribution >= 4 is 40.6 Å². The Hall–Kier alpha value is -2.02. The van der Waals surface area contributed by atoms with Gasteiger partial charge in [-0.15, -0.1) is 23.1 Å². The van der Waals surface area contributed by atoms with Crippen LogP contribution in [0.4, 0.5) is 0 Å². The highest BCUT2D eigenvalue weighted by molar-refractivity contribution is 7.99. The van der Waals surface area contributed by atoms with Gasteiger partial charge in [0.05, 0.1) is 5.69 Å². The molecule has 3 aromatic rings. The van der Waals surface area contributed by atoms with E-state index in [1.54, 1.807) is 29.2 Å². The number of halogens is 1. The monoisotopic (exact) mass is 444 g/mol. The topological polar surface area (TPSA) is 51.1 Å². The van der Waals surface area contributed by atoms with Crippen molar-refractivity contribution in [2.45, 2.75) is 43.4 Å². The van der Waals surface area contributed by atoms with Crippen molar-refractivity contribution in [3.8, 4) is 5.69 Å². The quantitative estimate of drug-likeness (QED) is 0.589. The molecule has 0 saturated heterocycles. The van der Waals surface area contributed by atoms with Crippen molar-refractivity contribution in [2.24, 2.45) is 0 Å². The van der Waals surface area contributed by atoms with Crippen LogP contribution >= 0.6 is 34.7 Å². The summed E-state index contributed by atoms with van der Waals surface area (Å²) in [6.45, 7) is 5.69. The first-order chi connectivity index (χ1) is 13.8. The summed E-state index contributed by atoms with van der Waals surface area (Å²) < 4.78 is 2.04. The molecule has 0 fully saturated rings. The van der Waals surface area contributed by atoms with Crippen molar-refractivity contribution in [3.05, 3.63) is 78.9 Å². The number of nitrogens with zero attached hydrogens (tertiary/aromatic N) is 1. The minimum atomic E-state index is -0.318. The fourth-order valence-electron chi connectivity index (χ4n) is 3.67. The standard InChI is InChI=1S/C22H21ClN2O2S2/c1-12(2)24-22(27)21-16-11-20(18-5-4-8-28-18)29-19-10-14(23)6-7-15(19)25(16)13(3)9-17(21)26/h4-10,12,20H,11H2,1-3H3,(H,24,27). The lowest BCUT2D eigenvalue weighted by molar-refractivity contribution is 0.0940. The molecule has 0 saturated carbocycles. The highest BCUT2D eigenvalue weighted by Crippen LogP contribution is 2.46. The number of benzene rings is 1. The smallest absolute Gasteiger partial charge is 0.257 e. The maximum atomic E-state index is 13.0. The number of hydrogen-bond acceptors (Lipinski definition) is 4. The Morgan fingerprint density at radius 2 is 2.07 bits per heavy atom. The maximum Gasteiger partial charge on any atom is 0.257 e. The van der Waals surface area contributed by atoms with E-state index in [0.29, 0.717) is 11.4 Å². The lowest BCUT2D eigenvalue weighted by atomic mass is 10.0. The summed E-state index contributed by atoms with van der Waals surface area (Å²) in [4.78, 5) is 28.1. The van der Waals surface area contributed by atoms with E-state index in [4.69, 9.17) is 11.6 Å². The summed E-state index contributed by atoms with van der Waals surface area (Å²) in [5, 5.41) is 5.70. The predicted molar refractivity (Wildman–Crippen MR) is 121 cm³/mol. The molecule has 0 bridgehead atoms. The van der Waals surface area contributed by atoms with Crippen LogP contribution in [0.2, 0.25) is 5.02 Å². The van der Waals surface area contributed by atoms with Gasteiger partial charge in [-0.1, -0.05) is 17.7 Å². The van der Waals surface area contributed by atoms with E-state index >= 15 is 0 Å². The van der Waals surface area contributed by atoms with Crippen molar-refractivity contribution < 1.29 is 4.79 Å². The van der Waals surface area contributed by atoms with E-state index in [0.717, 1.165) is 22.0 Å². The van der Waals surface area contributed by atoms with Gasteiger partial charge in [-0.3, -0.25) is 9.59 Å². The molecule has 1 aliphatic heterocycles. The van der Waals surface area contributed by atoms with Crippen LogP contribution in [0.25, 0.3) is 5.69 Å². The number of carbonyl (C=O) groups excluding carboxylic acids is 1. The van der Waals surface area contributed by atoms with Gasteiger partial charge in [-0.2, -0.15) is 0 Å². The molecule has 7 heteroatoms. The van der Waals surface area contributed by atoms with Crippen molar-refractivity contribution in [2.75, 3.05) is 0 Å². The third-order valence-electron chi connectivity index (χ3n) is 4.82. The maximum absolute atomic E-state index is 13.0. The van der Waals surface area contributed by atoms with Crippen LogP contribution in [-0.2, 0) is 6.42 Å². The minimum absolute atomic E-state index is 0.0526. The number of carbonyl (C=O) groups is 1. The summed E-state index contributed by atoms with van der Waals surface area (Å²) >= 11 is 9.71. The SMILES string of the molecule is Cc1cc(=O)c(C(=O)NC(C)C)c2n1-c1ccc(Cl)cc1SC(c1cccs1)C2. The Morgan fingerprint density at radius 3 is 2.76 bits per heavy atom. The highest BCUT2D eigenvalue weighted by atomic mass is 35.5. The number of aromatic nitrogens is 1. The molecule has 1 aromatic carbocycles. The van der Waals surface area contributed by atoms with Gasteiger partial charge in [-0.25, -0.2) is 0 Å². The number of fused-ring (bicyclic) bond motifs is 3. The molecule has 3 heterocycles. The number of rotatable bonds is 3. The number of pyridine rings is 1. The van der Waals surface area contributed by atoms with Gasteiger partial charge in [0.2, 0.25) is 0 Å². The summed E-state index contributed by atoms with van der Waals surface area (Å²) in [6, 6.07) is 11.4. The first kappa shape index (κ1) is 20.3. The van der Waals surface area contributed by atoms with Gasteiger partial charge in [0.25, 0.3) is 5.91 Å². The van der Waals surface area contributed by atoms with E-state index in [-0.39, 0.29) is 28.2 Å². The molecule has 0 radical (unpaired) electrons. The lowest BCUT2D eigenvalue weighted by Gasteiger charge is -2.20. The fraction of sp³-hybridized carbons (Fsp3) is 0.273. The third-order valence-corrected chi connectivity index (χ3v) is 7.47. The molecule has 2 aromatic heterocycles. The number of thiophene rings is 1. The molecule has 1 N–H and O–H groups in total. The van der Waals surface area contributed by atoms with Gasteiger partial charge < -0.3 is 9.88 Å².